The Balaban J connectivity index is 1.70. The number of hydrogen-bond donors (Lipinski definition) is 3. The van der Waals surface area contributed by atoms with Crippen LogP contribution < -0.4 is 10.6 Å². The van der Waals surface area contributed by atoms with Gasteiger partial charge in [0.05, 0.1) is 5.92 Å². The van der Waals surface area contributed by atoms with Gasteiger partial charge in [-0.1, -0.05) is 23.7 Å². The standard InChI is InChI=1S/C15H19ClN2O3/c16-12-5-1-10(2-6-12)9-17-15(21)18-13-7-3-11(4-8-13)14(19)20/h1-2,5-6,11,13H,3-4,7-9H2,(H,19,20)(H2,17,18,21). The average molecular weight is 311 g/mol. The van der Waals surface area contributed by atoms with E-state index in [1.807, 2.05) is 12.1 Å². The molecule has 2 rings (SSSR count). The fraction of sp³-hybridized carbons (Fsp3) is 0.467. The molecule has 0 unspecified atom stereocenters. The van der Waals surface area contributed by atoms with Crippen molar-refractivity contribution in [2.75, 3.05) is 0 Å². The lowest BCUT2D eigenvalue weighted by Crippen LogP contribution is -2.43. The second-order valence-corrected chi connectivity index (χ2v) is 5.78. The molecule has 1 aromatic rings. The Morgan fingerprint density at radius 3 is 2.33 bits per heavy atom. The van der Waals surface area contributed by atoms with Crippen LogP contribution in [0.15, 0.2) is 24.3 Å². The zero-order valence-corrected chi connectivity index (χ0v) is 12.4. The Bertz CT molecular complexity index is 496. The third-order valence-electron chi connectivity index (χ3n) is 3.78. The van der Waals surface area contributed by atoms with E-state index in [1.165, 1.54) is 0 Å². The van der Waals surface area contributed by atoms with Gasteiger partial charge < -0.3 is 15.7 Å². The van der Waals surface area contributed by atoms with Crippen LogP contribution in [0.25, 0.3) is 0 Å². The van der Waals surface area contributed by atoms with Crippen molar-refractivity contribution in [3.05, 3.63) is 34.9 Å². The zero-order chi connectivity index (χ0) is 15.2. The molecule has 0 spiro atoms. The number of nitrogens with one attached hydrogen (secondary N) is 2. The number of carbonyl (C=O) groups is 2. The van der Waals surface area contributed by atoms with E-state index in [4.69, 9.17) is 16.7 Å². The van der Waals surface area contributed by atoms with Crippen molar-refractivity contribution in [2.45, 2.75) is 38.3 Å². The Kier molecular flexibility index (Phi) is 5.44. The van der Waals surface area contributed by atoms with Crippen molar-refractivity contribution in [3.8, 4) is 0 Å². The molecular weight excluding hydrogens is 292 g/mol. The van der Waals surface area contributed by atoms with E-state index in [-0.39, 0.29) is 18.0 Å². The molecule has 5 nitrogen and oxygen atoms in total. The number of urea groups is 1. The maximum Gasteiger partial charge on any atom is 0.315 e. The highest BCUT2D eigenvalue weighted by Gasteiger charge is 2.26. The van der Waals surface area contributed by atoms with E-state index >= 15 is 0 Å². The van der Waals surface area contributed by atoms with Crippen LogP contribution in [0.1, 0.15) is 31.2 Å². The van der Waals surface area contributed by atoms with Crippen molar-refractivity contribution in [3.63, 3.8) is 0 Å². The van der Waals surface area contributed by atoms with E-state index in [1.54, 1.807) is 12.1 Å². The molecule has 3 N–H and O–H groups in total. The molecule has 0 atom stereocenters. The van der Waals surface area contributed by atoms with E-state index in [2.05, 4.69) is 10.6 Å². The van der Waals surface area contributed by atoms with E-state index in [0.29, 0.717) is 37.3 Å². The first-order valence-corrected chi connectivity index (χ1v) is 7.44. The van der Waals surface area contributed by atoms with E-state index in [9.17, 15) is 9.59 Å². The van der Waals surface area contributed by atoms with Crippen LogP contribution in [0.5, 0.6) is 0 Å². The van der Waals surface area contributed by atoms with Gasteiger partial charge in [0.25, 0.3) is 0 Å². The second-order valence-electron chi connectivity index (χ2n) is 5.34. The molecule has 0 radical (unpaired) electrons. The highest BCUT2D eigenvalue weighted by atomic mass is 35.5. The van der Waals surface area contributed by atoms with Crippen molar-refractivity contribution in [1.29, 1.82) is 0 Å². The fourth-order valence-corrected chi connectivity index (χ4v) is 2.63. The van der Waals surface area contributed by atoms with Crippen molar-refractivity contribution in [1.82, 2.24) is 10.6 Å². The quantitative estimate of drug-likeness (QED) is 0.800. The lowest BCUT2D eigenvalue weighted by molar-refractivity contribution is -0.142. The molecule has 114 valence electrons. The van der Waals surface area contributed by atoms with E-state index < -0.39 is 5.97 Å². The van der Waals surface area contributed by atoms with Crippen LogP contribution in [-0.2, 0) is 11.3 Å². The summed E-state index contributed by atoms with van der Waals surface area (Å²) in [6, 6.07) is 7.13. The number of hydrogen-bond acceptors (Lipinski definition) is 2. The summed E-state index contributed by atoms with van der Waals surface area (Å²) in [5, 5.41) is 15.3. The molecule has 0 aromatic heterocycles. The predicted octanol–water partition coefficient (Wildman–Crippen LogP) is 2.78. The summed E-state index contributed by atoms with van der Waals surface area (Å²) in [5.41, 5.74) is 0.976. The third-order valence-corrected chi connectivity index (χ3v) is 4.03. The van der Waals surface area contributed by atoms with Crippen molar-refractivity contribution >= 4 is 23.6 Å². The molecular formula is C15H19ClN2O3. The first kappa shape index (κ1) is 15.6. The van der Waals surface area contributed by atoms with Gasteiger partial charge in [-0.2, -0.15) is 0 Å². The summed E-state index contributed by atoms with van der Waals surface area (Å²) in [6.45, 7) is 0.438. The minimum atomic E-state index is -0.736. The van der Waals surface area contributed by atoms with Crippen LogP contribution in [-0.4, -0.2) is 23.1 Å². The molecule has 1 fully saturated rings. The Morgan fingerprint density at radius 1 is 1.14 bits per heavy atom. The fourth-order valence-electron chi connectivity index (χ4n) is 2.51. The maximum absolute atomic E-state index is 11.8. The Labute approximate surface area is 128 Å². The molecule has 1 aliphatic rings. The van der Waals surface area contributed by atoms with Gasteiger partial charge in [0.1, 0.15) is 0 Å². The van der Waals surface area contributed by atoms with Crippen LogP contribution in [0.4, 0.5) is 4.79 Å². The number of carbonyl (C=O) groups excluding carboxylic acids is 1. The van der Waals surface area contributed by atoms with Gasteiger partial charge in [-0.3, -0.25) is 4.79 Å². The van der Waals surface area contributed by atoms with Gasteiger partial charge in [0.15, 0.2) is 0 Å². The summed E-state index contributed by atoms with van der Waals surface area (Å²) >= 11 is 5.80. The first-order chi connectivity index (χ1) is 10.0. The molecule has 0 heterocycles. The average Bonchev–Trinajstić information content (AvgIpc) is 2.47. The number of carboxylic acid groups (broad SMARTS) is 1. The molecule has 0 aliphatic heterocycles. The highest BCUT2D eigenvalue weighted by Crippen LogP contribution is 2.24. The lowest BCUT2D eigenvalue weighted by Gasteiger charge is -2.26. The molecule has 6 heteroatoms. The van der Waals surface area contributed by atoms with Gasteiger partial charge in [-0.15, -0.1) is 0 Å². The second kappa shape index (κ2) is 7.31. The number of aliphatic carboxylic acids is 1. The SMILES string of the molecule is O=C(NCc1ccc(Cl)cc1)NC1CCC(C(=O)O)CC1. The van der Waals surface area contributed by atoms with Crippen molar-refractivity contribution < 1.29 is 14.7 Å². The van der Waals surface area contributed by atoms with Crippen LogP contribution in [0.2, 0.25) is 5.02 Å². The number of benzene rings is 1. The molecule has 0 saturated heterocycles. The van der Waals surface area contributed by atoms with Gasteiger partial charge >= 0.3 is 12.0 Å². The Morgan fingerprint density at radius 2 is 1.76 bits per heavy atom. The van der Waals surface area contributed by atoms with Gasteiger partial charge in [-0.05, 0) is 43.4 Å². The van der Waals surface area contributed by atoms with Gasteiger partial charge in [0, 0.05) is 17.6 Å². The summed E-state index contributed by atoms with van der Waals surface area (Å²) < 4.78 is 0. The monoisotopic (exact) mass is 310 g/mol. The number of amides is 2. The number of carboxylic acids is 1. The molecule has 0 bridgehead atoms. The van der Waals surface area contributed by atoms with Gasteiger partial charge in [-0.25, -0.2) is 4.79 Å². The van der Waals surface area contributed by atoms with Crippen LogP contribution >= 0.6 is 11.6 Å². The van der Waals surface area contributed by atoms with E-state index in [0.717, 1.165) is 5.56 Å². The summed E-state index contributed by atoms with van der Waals surface area (Å²) in [4.78, 5) is 22.7. The Hall–Kier alpha value is -1.75. The molecule has 1 saturated carbocycles. The summed E-state index contributed by atoms with van der Waals surface area (Å²) in [7, 11) is 0. The molecule has 1 aromatic carbocycles. The topological polar surface area (TPSA) is 78.4 Å². The minimum Gasteiger partial charge on any atom is -0.481 e. The van der Waals surface area contributed by atoms with Gasteiger partial charge in [0.2, 0.25) is 0 Å². The predicted molar refractivity (Wildman–Crippen MR) is 80.2 cm³/mol. The highest BCUT2D eigenvalue weighted by molar-refractivity contribution is 6.30. The third kappa shape index (κ3) is 4.93. The normalized spacial score (nSPS) is 21.6. The number of halogens is 1. The first-order valence-electron chi connectivity index (χ1n) is 7.06. The molecule has 2 amide bonds. The van der Waals surface area contributed by atoms with Crippen LogP contribution in [0, 0.1) is 5.92 Å². The van der Waals surface area contributed by atoms with Crippen LogP contribution in [0.3, 0.4) is 0 Å². The largest absolute Gasteiger partial charge is 0.481 e. The number of rotatable bonds is 4. The smallest absolute Gasteiger partial charge is 0.315 e. The molecule has 1 aliphatic carbocycles. The summed E-state index contributed by atoms with van der Waals surface area (Å²) in [6.07, 6.45) is 2.67. The lowest BCUT2D eigenvalue weighted by atomic mass is 9.86. The minimum absolute atomic E-state index is 0.0609. The van der Waals surface area contributed by atoms with Crippen molar-refractivity contribution in [2.24, 2.45) is 5.92 Å². The maximum atomic E-state index is 11.8. The molecule has 21 heavy (non-hydrogen) atoms. The zero-order valence-electron chi connectivity index (χ0n) is 11.6. The summed E-state index contributed by atoms with van der Waals surface area (Å²) in [5.74, 6) is -0.999.